The van der Waals surface area contributed by atoms with E-state index in [1.807, 2.05) is 6.92 Å². The number of methoxy groups -OCH3 is 1. The topological polar surface area (TPSA) is 73.5 Å². The largest absolute Gasteiger partial charge is 0.384 e. The van der Waals surface area contributed by atoms with Crippen molar-refractivity contribution in [3.05, 3.63) is 11.9 Å². The summed E-state index contributed by atoms with van der Waals surface area (Å²) in [5.74, 6) is 1.89. The second kappa shape index (κ2) is 7.91. The van der Waals surface area contributed by atoms with Crippen molar-refractivity contribution in [1.82, 2.24) is 9.97 Å². The van der Waals surface area contributed by atoms with Crippen molar-refractivity contribution in [2.75, 3.05) is 37.5 Å². The molecule has 0 radical (unpaired) electrons. The lowest BCUT2D eigenvalue weighted by atomic mass is 10.3. The molecule has 0 aliphatic carbocycles. The molecule has 1 heterocycles. The van der Waals surface area contributed by atoms with Gasteiger partial charge in [0, 0.05) is 26.3 Å². The van der Waals surface area contributed by atoms with Gasteiger partial charge < -0.3 is 20.1 Å². The highest BCUT2D eigenvalue weighted by Gasteiger charge is 2.15. The Morgan fingerprint density at radius 3 is 2.68 bits per heavy atom. The molecular formula is C13H24N4O2. The van der Waals surface area contributed by atoms with Gasteiger partial charge in [-0.25, -0.2) is 9.97 Å². The molecule has 0 bridgehead atoms. The second-order valence-corrected chi connectivity index (χ2v) is 4.29. The summed E-state index contributed by atoms with van der Waals surface area (Å²) in [6.07, 6.45) is 0. The van der Waals surface area contributed by atoms with Crippen LogP contribution in [0.25, 0.3) is 0 Å². The highest BCUT2D eigenvalue weighted by molar-refractivity contribution is 5.47. The zero-order valence-electron chi connectivity index (χ0n) is 12.2. The van der Waals surface area contributed by atoms with E-state index in [0.717, 1.165) is 12.4 Å². The number of aromatic nitrogens is 2. The van der Waals surface area contributed by atoms with Crippen molar-refractivity contribution in [1.29, 1.82) is 0 Å². The highest BCUT2D eigenvalue weighted by atomic mass is 16.5. The van der Waals surface area contributed by atoms with Crippen LogP contribution in [-0.2, 0) is 16.1 Å². The van der Waals surface area contributed by atoms with E-state index in [-0.39, 0.29) is 6.04 Å². The Labute approximate surface area is 114 Å². The summed E-state index contributed by atoms with van der Waals surface area (Å²) in [7, 11) is 1.69. The standard InChI is InChI=1S/C13H24N4O2/c1-5-17(10(3)8-18-4)13-7-11(14)15-12(16-13)9-19-6-2/h7,10H,5-6,8-9H2,1-4H3,(H2,14,15,16). The minimum Gasteiger partial charge on any atom is -0.384 e. The second-order valence-electron chi connectivity index (χ2n) is 4.29. The van der Waals surface area contributed by atoms with Crippen LogP contribution in [0.1, 0.15) is 26.6 Å². The van der Waals surface area contributed by atoms with Crippen molar-refractivity contribution in [2.45, 2.75) is 33.4 Å². The van der Waals surface area contributed by atoms with Gasteiger partial charge in [0.15, 0.2) is 5.82 Å². The molecule has 1 aromatic rings. The van der Waals surface area contributed by atoms with Crippen molar-refractivity contribution in [3.63, 3.8) is 0 Å². The van der Waals surface area contributed by atoms with Gasteiger partial charge in [0.1, 0.15) is 18.2 Å². The lowest BCUT2D eigenvalue weighted by molar-refractivity contribution is 0.128. The van der Waals surface area contributed by atoms with E-state index >= 15 is 0 Å². The molecule has 0 aliphatic rings. The smallest absolute Gasteiger partial charge is 0.158 e. The minimum atomic E-state index is 0.226. The molecule has 0 aliphatic heterocycles. The normalized spacial score (nSPS) is 12.4. The fourth-order valence-corrected chi connectivity index (χ4v) is 1.94. The molecule has 1 aromatic heterocycles. The SMILES string of the molecule is CCOCc1nc(N)cc(N(CC)C(C)COC)n1. The summed E-state index contributed by atoms with van der Waals surface area (Å²) in [5, 5.41) is 0. The van der Waals surface area contributed by atoms with Crippen LogP contribution in [-0.4, -0.2) is 42.9 Å². The van der Waals surface area contributed by atoms with E-state index < -0.39 is 0 Å². The van der Waals surface area contributed by atoms with E-state index in [9.17, 15) is 0 Å². The summed E-state index contributed by atoms with van der Waals surface area (Å²) in [4.78, 5) is 10.8. The number of hydrogen-bond acceptors (Lipinski definition) is 6. The summed E-state index contributed by atoms with van der Waals surface area (Å²) >= 11 is 0. The number of rotatable bonds is 8. The maximum Gasteiger partial charge on any atom is 0.158 e. The number of ether oxygens (including phenoxy) is 2. The molecule has 6 nitrogen and oxygen atoms in total. The highest BCUT2D eigenvalue weighted by Crippen LogP contribution is 2.17. The Kier molecular flexibility index (Phi) is 6.52. The van der Waals surface area contributed by atoms with E-state index in [2.05, 4.69) is 28.7 Å². The molecule has 1 atom stereocenters. The average Bonchev–Trinajstić information content (AvgIpc) is 2.37. The van der Waals surface area contributed by atoms with E-state index in [4.69, 9.17) is 15.2 Å². The molecule has 0 amide bonds. The van der Waals surface area contributed by atoms with E-state index in [0.29, 0.717) is 31.5 Å². The summed E-state index contributed by atoms with van der Waals surface area (Å²) in [5.41, 5.74) is 5.83. The van der Waals surface area contributed by atoms with Crippen molar-refractivity contribution >= 4 is 11.6 Å². The summed E-state index contributed by atoms with van der Waals surface area (Å²) in [6.45, 7) is 8.58. The maximum atomic E-state index is 5.83. The van der Waals surface area contributed by atoms with Gasteiger partial charge >= 0.3 is 0 Å². The fraction of sp³-hybridized carbons (Fsp3) is 0.692. The van der Waals surface area contributed by atoms with Gasteiger partial charge in [0.2, 0.25) is 0 Å². The summed E-state index contributed by atoms with van der Waals surface area (Å²) in [6, 6.07) is 2.01. The number of nitrogens with zero attached hydrogens (tertiary/aromatic N) is 3. The molecule has 108 valence electrons. The van der Waals surface area contributed by atoms with Crippen LogP contribution in [0.15, 0.2) is 6.07 Å². The van der Waals surface area contributed by atoms with Crippen LogP contribution >= 0.6 is 0 Å². The fourth-order valence-electron chi connectivity index (χ4n) is 1.94. The maximum absolute atomic E-state index is 5.83. The third kappa shape index (κ3) is 4.65. The lowest BCUT2D eigenvalue weighted by Crippen LogP contribution is -2.37. The first kappa shape index (κ1) is 15.7. The zero-order valence-corrected chi connectivity index (χ0v) is 12.2. The van der Waals surface area contributed by atoms with E-state index in [1.54, 1.807) is 13.2 Å². The summed E-state index contributed by atoms with van der Waals surface area (Å²) < 4.78 is 10.5. The Balaban J connectivity index is 2.92. The third-order valence-corrected chi connectivity index (χ3v) is 2.79. The molecule has 0 fully saturated rings. The molecule has 1 rings (SSSR count). The van der Waals surface area contributed by atoms with Gasteiger partial charge in [0.05, 0.1) is 12.6 Å². The Hall–Kier alpha value is -1.40. The molecule has 2 N–H and O–H groups in total. The number of anilines is 2. The van der Waals surface area contributed by atoms with Crippen LogP contribution in [0.4, 0.5) is 11.6 Å². The molecule has 0 aromatic carbocycles. The van der Waals surface area contributed by atoms with Gasteiger partial charge in [-0.3, -0.25) is 0 Å². The molecule has 1 unspecified atom stereocenters. The number of hydrogen-bond donors (Lipinski definition) is 1. The van der Waals surface area contributed by atoms with Gasteiger partial charge in [0.25, 0.3) is 0 Å². The van der Waals surface area contributed by atoms with Crippen LogP contribution in [0.2, 0.25) is 0 Å². The quantitative estimate of drug-likeness (QED) is 0.769. The minimum absolute atomic E-state index is 0.226. The first-order valence-corrected chi connectivity index (χ1v) is 6.59. The van der Waals surface area contributed by atoms with Crippen LogP contribution in [0.5, 0.6) is 0 Å². The average molecular weight is 268 g/mol. The first-order valence-electron chi connectivity index (χ1n) is 6.59. The molecular weight excluding hydrogens is 244 g/mol. The Morgan fingerprint density at radius 2 is 2.11 bits per heavy atom. The monoisotopic (exact) mass is 268 g/mol. The van der Waals surface area contributed by atoms with Crippen molar-refractivity contribution in [3.8, 4) is 0 Å². The van der Waals surface area contributed by atoms with Crippen molar-refractivity contribution < 1.29 is 9.47 Å². The molecule has 0 saturated carbocycles. The number of likely N-dealkylation sites (N-methyl/N-ethyl adjacent to an activating group) is 1. The zero-order chi connectivity index (χ0) is 14.3. The molecule has 0 spiro atoms. The predicted octanol–water partition coefficient (Wildman–Crippen LogP) is 1.46. The molecule has 0 saturated heterocycles. The number of nitrogen functional groups attached to an aromatic ring is 1. The van der Waals surface area contributed by atoms with Gasteiger partial charge in [-0.1, -0.05) is 0 Å². The van der Waals surface area contributed by atoms with Crippen LogP contribution < -0.4 is 10.6 Å². The predicted molar refractivity (Wildman–Crippen MR) is 76.1 cm³/mol. The van der Waals surface area contributed by atoms with Gasteiger partial charge in [-0.05, 0) is 20.8 Å². The van der Waals surface area contributed by atoms with Gasteiger partial charge in [-0.2, -0.15) is 0 Å². The van der Waals surface area contributed by atoms with Crippen molar-refractivity contribution in [2.24, 2.45) is 0 Å². The third-order valence-electron chi connectivity index (χ3n) is 2.79. The molecule has 6 heteroatoms. The van der Waals surface area contributed by atoms with E-state index in [1.165, 1.54) is 0 Å². The first-order chi connectivity index (χ1) is 9.12. The lowest BCUT2D eigenvalue weighted by Gasteiger charge is -2.28. The Morgan fingerprint density at radius 1 is 1.37 bits per heavy atom. The van der Waals surface area contributed by atoms with Crippen LogP contribution in [0, 0.1) is 0 Å². The Bertz CT molecular complexity index is 387. The molecule has 19 heavy (non-hydrogen) atoms. The number of nitrogens with two attached hydrogens (primary N) is 1. The van der Waals surface area contributed by atoms with Gasteiger partial charge in [-0.15, -0.1) is 0 Å². The van der Waals surface area contributed by atoms with Crippen LogP contribution in [0.3, 0.4) is 0 Å².